The van der Waals surface area contributed by atoms with E-state index in [9.17, 15) is 14.3 Å². The van der Waals surface area contributed by atoms with E-state index in [2.05, 4.69) is 4.98 Å². The first-order valence-corrected chi connectivity index (χ1v) is 7.99. The van der Waals surface area contributed by atoms with E-state index in [1.807, 2.05) is 0 Å². The largest absolute Gasteiger partial charge is 0.507 e. The third kappa shape index (κ3) is 2.78. The number of methoxy groups -OCH3 is 1. The minimum Gasteiger partial charge on any atom is -0.507 e. The van der Waals surface area contributed by atoms with Gasteiger partial charge in [0.2, 0.25) is 0 Å². The van der Waals surface area contributed by atoms with Crippen molar-refractivity contribution in [2.75, 3.05) is 13.7 Å². The predicted molar refractivity (Wildman–Crippen MR) is 89.2 cm³/mol. The van der Waals surface area contributed by atoms with Gasteiger partial charge in [-0.05, 0) is 31.2 Å². The van der Waals surface area contributed by atoms with E-state index in [1.165, 1.54) is 25.4 Å². The number of esters is 1. The molecule has 0 bridgehead atoms. The Balaban J connectivity index is 2.10. The summed E-state index contributed by atoms with van der Waals surface area (Å²) < 4.78 is 24.3. The molecule has 124 valence electrons. The highest BCUT2D eigenvalue weighted by Crippen LogP contribution is 2.37. The molecule has 2 aromatic carbocycles. The number of hydrogen-bond donors (Lipinski definition) is 1. The number of ether oxygens (including phenoxy) is 2. The molecule has 0 spiro atoms. The summed E-state index contributed by atoms with van der Waals surface area (Å²) in [6.45, 7) is 1.99. The van der Waals surface area contributed by atoms with Gasteiger partial charge in [0.05, 0.1) is 19.9 Å². The van der Waals surface area contributed by atoms with Crippen molar-refractivity contribution >= 4 is 28.1 Å². The SMILES string of the molecule is CCOC(=O)c1cnc(-c2cc(O)c3ccc(OC)c(F)c3c2)s1. The molecule has 0 aliphatic carbocycles. The molecular formula is C17H14FNO4S. The molecule has 0 saturated carbocycles. The van der Waals surface area contributed by atoms with Gasteiger partial charge < -0.3 is 14.6 Å². The lowest BCUT2D eigenvalue weighted by Gasteiger charge is -2.08. The Bertz CT molecular complexity index is 922. The standard InChI is InChI=1S/C17H14FNO4S/c1-3-23-17(21)14-8-19-16(24-14)9-6-11-10(12(20)7-9)4-5-13(22-2)15(11)18/h4-8,20H,3H2,1-2H3. The summed E-state index contributed by atoms with van der Waals surface area (Å²) in [4.78, 5) is 16.2. The van der Waals surface area contributed by atoms with Crippen LogP contribution in [0.3, 0.4) is 0 Å². The van der Waals surface area contributed by atoms with Crippen molar-refractivity contribution in [3.8, 4) is 22.1 Å². The van der Waals surface area contributed by atoms with Crippen LogP contribution >= 0.6 is 11.3 Å². The Morgan fingerprint density at radius 2 is 2.12 bits per heavy atom. The molecule has 5 nitrogen and oxygen atoms in total. The van der Waals surface area contributed by atoms with Crippen LogP contribution in [0.1, 0.15) is 16.6 Å². The maximum Gasteiger partial charge on any atom is 0.349 e. The molecule has 1 N–H and O–H groups in total. The Kier molecular flexibility index (Phi) is 4.35. The van der Waals surface area contributed by atoms with E-state index >= 15 is 0 Å². The van der Waals surface area contributed by atoms with E-state index in [0.717, 1.165) is 11.3 Å². The molecular weight excluding hydrogens is 333 g/mol. The summed E-state index contributed by atoms with van der Waals surface area (Å²) in [7, 11) is 1.38. The van der Waals surface area contributed by atoms with Gasteiger partial charge in [0, 0.05) is 16.3 Å². The number of phenols is 1. The van der Waals surface area contributed by atoms with E-state index in [0.29, 0.717) is 20.8 Å². The van der Waals surface area contributed by atoms with Crippen molar-refractivity contribution in [2.24, 2.45) is 0 Å². The van der Waals surface area contributed by atoms with Gasteiger partial charge >= 0.3 is 5.97 Å². The minimum atomic E-state index is -0.561. The maximum atomic E-state index is 14.5. The molecule has 0 saturated heterocycles. The smallest absolute Gasteiger partial charge is 0.349 e. The number of nitrogens with zero attached hydrogens (tertiary/aromatic N) is 1. The first-order chi connectivity index (χ1) is 11.5. The van der Waals surface area contributed by atoms with Crippen molar-refractivity contribution in [3.63, 3.8) is 0 Å². The molecule has 1 heterocycles. The molecule has 0 amide bonds. The number of benzene rings is 2. The molecule has 0 atom stereocenters. The lowest BCUT2D eigenvalue weighted by atomic mass is 10.0. The Morgan fingerprint density at radius 3 is 2.83 bits per heavy atom. The summed E-state index contributed by atoms with van der Waals surface area (Å²) in [5, 5.41) is 11.3. The molecule has 1 aromatic heterocycles. The lowest BCUT2D eigenvalue weighted by molar-refractivity contribution is 0.0532. The van der Waals surface area contributed by atoms with E-state index in [1.54, 1.807) is 19.1 Å². The van der Waals surface area contributed by atoms with Crippen LogP contribution in [0.2, 0.25) is 0 Å². The highest BCUT2D eigenvalue weighted by molar-refractivity contribution is 7.16. The van der Waals surface area contributed by atoms with Crippen LogP contribution in [0.5, 0.6) is 11.5 Å². The highest BCUT2D eigenvalue weighted by atomic mass is 32.1. The van der Waals surface area contributed by atoms with Crippen LogP contribution in [0, 0.1) is 5.82 Å². The molecule has 0 fully saturated rings. The minimum absolute atomic E-state index is 0.0723. The second kappa shape index (κ2) is 6.45. The van der Waals surface area contributed by atoms with Crippen molar-refractivity contribution < 1.29 is 23.8 Å². The fourth-order valence-corrected chi connectivity index (χ4v) is 3.14. The molecule has 24 heavy (non-hydrogen) atoms. The molecule has 0 radical (unpaired) electrons. The number of rotatable bonds is 4. The molecule has 3 rings (SSSR count). The van der Waals surface area contributed by atoms with Crippen LogP contribution in [-0.2, 0) is 4.74 Å². The second-order valence-corrected chi connectivity index (χ2v) is 5.95. The summed E-state index contributed by atoms with van der Waals surface area (Å²) in [5.74, 6) is -1.00. The summed E-state index contributed by atoms with van der Waals surface area (Å²) >= 11 is 1.12. The van der Waals surface area contributed by atoms with Gasteiger partial charge in [0.25, 0.3) is 0 Å². The van der Waals surface area contributed by atoms with Gasteiger partial charge in [0.1, 0.15) is 15.6 Å². The molecule has 0 aliphatic heterocycles. The molecule has 7 heteroatoms. The first-order valence-electron chi connectivity index (χ1n) is 7.17. The van der Waals surface area contributed by atoms with Crippen molar-refractivity contribution in [1.29, 1.82) is 0 Å². The Morgan fingerprint density at radius 1 is 1.33 bits per heavy atom. The van der Waals surface area contributed by atoms with E-state index in [-0.39, 0.29) is 23.5 Å². The third-order valence-corrected chi connectivity index (χ3v) is 4.49. The molecule has 0 unspecified atom stereocenters. The highest BCUT2D eigenvalue weighted by Gasteiger charge is 2.16. The Hall–Kier alpha value is -2.67. The van der Waals surface area contributed by atoms with Gasteiger partial charge in [-0.1, -0.05) is 0 Å². The van der Waals surface area contributed by atoms with Crippen molar-refractivity contribution in [3.05, 3.63) is 41.2 Å². The third-order valence-electron chi connectivity index (χ3n) is 3.46. The zero-order chi connectivity index (χ0) is 17.3. The maximum absolute atomic E-state index is 14.5. The van der Waals surface area contributed by atoms with Gasteiger partial charge in [-0.3, -0.25) is 0 Å². The van der Waals surface area contributed by atoms with Gasteiger partial charge in [0.15, 0.2) is 11.6 Å². The number of carbonyl (C=O) groups excluding carboxylic acids is 1. The van der Waals surface area contributed by atoms with Crippen LogP contribution < -0.4 is 4.74 Å². The van der Waals surface area contributed by atoms with Crippen LogP contribution in [0.25, 0.3) is 21.3 Å². The first kappa shape index (κ1) is 16.2. The molecule has 0 aliphatic rings. The van der Waals surface area contributed by atoms with Crippen LogP contribution in [-0.4, -0.2) is 29.8 Å². The lowest BCUT2D eigenvalue weighted by Crippen LogP contribution is -2.01. The summed E-state index contributed by atoms with van der Waals surface area (Å²) in [6, 6.07) is 6.10. The normalized spacial score (nSPS) is 10.8. The summed E-state index contributed by atoms with van der Waals surface area (Å²) in [5.41, 5.74) is 0.507. The Labute approximate surface area is 141 Å². The van der Waals surface area contributed by atoms with Crippen LogP contribution in [0.4, 0.5) is 4.39 Å². The molecule has 3 aromatic rings. The monoisotopic (exact) mass is 347 g/mol. The zero-order valence-electron chi connectivity index (χ0n) is 13.0. The summed E-state index contributed by atoms with van der Waals surface area (Å²) in [6.07, 6.45) is 1.40. The number of carbonyl (C=O) groups is 1. The number of hydrogen-bond acceptors (Lipinski definition) is 6. The number of aromatic nitrogens is 1. The van der Waals surface area contributed by atoms with Gasteiger partial charge in [-0.2, -0.15) is 0 Å². The topological polar surface area (TPSA) is 68.7 Å². The average molecular weight is 347 g/mol. The van der Waals surface area contributed by atoms with E-state index in [4.69, 9.17) is 9.47 Å². The second-order valence-electron chi connectivity index (χ2n) is 4.92. The van der Waals surface area contributed by atoms with E-state index < -0.39 is 11.8 Å². The van der Waals surface area contributed by atoms with Crippen molar-refractivity contribution in [2.45, 2.75) is 6.92 Å². The van der Waals surface area contributed by atoms with Gasteiger partial charge in [-0.15, -0.1) is 11.3 Å². The average Bonchev–Trinajstić information content (AvgIpc) is 3.06. The number of thiazole rings is 1. The fourth-order valence-electron chi connectivity index (χ4n) is 2.34. The number of aromatic hydroxyl groups is 1. The van der Waals surface area contributed by atoms with Gasteiger partial charge in [-0.25, -0.2) is 14.2 Å². The number of halogens is 1. The zero-order valence-corrected chi connectivity index (χ0v) is 13.8. The van der Waals surface area contributed by atoms with Crippen LogP contribution in [0.15, 0.2) is 30.5 Å². The number of phenolic OH excluding ortho intramolecular Hbond substituents is 1. The predicted octanol–water partition coefficient (Wildman–Crippen LogP) is 3.99. The van der Waals surface area contributed by atoms with Crippen molar-refractivity contribution in [1.82, 2.24) is 4.98 Å². The fraction of sp³-hybridized carbons (Fsp3) is 0.176. The number of fused-ring (bicyclic) bond motifs is 1. The quantitative estimate of drug-likeness (QED) is 0.723.